The van der Waals surface area contributed by atoms with Crippen LogP contribution < -0.4 is 10.0 Å². The zero-order valence-electron chi connectivity index (χ0n) is 16.1. The molecule has 3 rings (SSSR count). The molecule has 0 bridgehead atoms. The lowest BCUT2D eigenvalue weighted by atomic mass is 10.1. The van der Waals surface area contributed by atoms with Crippen LogP contribution in [-0.2, 0) is 21.2 Å². The van der Waals surface area contributed by atoms with Crippen molar-refractivity contribution in [2.45, 2.75) is 24.3 Å². The molecule has 0 spiro atoms. The number of nitrogens with one attached hydrogen (secondary N) is 2. The van der Waals surface area contributed by atoms with Gasteiger partial charge in [0.15, 0.2) is 0 Å². The summed E-state index contributed by atoms with van der Waals surface area (Å²) in [4.78, 5) is 12.8. The number of carbonyl (C=O) groups excluding carboxylic acids is 1. The Morgan fingerprint density at radius 2 is 1.63 bits per heavy atom. The average Bonchev–Trinajstić information content (AvgIpc) is 2.70. The first kappa shape index (κ1) is 21.6. The van der Waals surface area contributed by atoms with E-state index in [4.69, 9.17) is 0 Å². The van der Waals surface area contributed by atoms with Gasteiger partial charge in [0, 0.05) is 6.07 Å². The maximum atomic E-state index is 13.9. The highest BCUT2D eigenvalue weighted by molar-refractivity contribution is 7.89. The van der Waals surface area contributed by atoms with Gasteiger partial charge in [-0.05, 0) is 43.2 Å². The average molecular weight is 430 g/mol. The van der Waals surface area contributed by atoms with Crippen LogP contribution in [0.4, 0.5) is 14.5 Å². The fourth-order valence-electron chi connectivity index (χ4n) is 2.82. The largest absolute Gasteiger partial charge is 0.322 e. The maximum absolute atomic E-state index is 13.9. The van der Waals surface area contributed by atoms with E-state index in [-0.39, 0.29) is 17.0 Å². The lowest BCUT2D eigenvalue weighted by Gasteiger charge is -2.19. The van der Waals surface area contributed by atoms with Crippen molar-refractivity contribution in [3.05, 3.63) is 95.6 Å². The molecule has 0 aromatic heterocycles. The Labute approximate surface area is 173 Å². The topological polar surface area (TPSA) is 75.3 Å². The molecule has 0 radical (unpaired) electrons. The molecule has 0 aliphatic heterocycles. The molecule has 0 unspecified atom stereocenters. The molecule has 0 fully saturated rings. The predicted molar refractivity (Wildman–Crippen MR) is 110 cm³/mol. The maximum Gasteiger partial charge on any atom is 0.242 e. The van der Waals surface area contributed by atoms with Crippen LogP contribution in [0.25, 0.3) is 0 Å². The third-order valence-corrected chi connectivity index (χ3v) is 5.90. The summed E-state index contributed by atoms with van der Waals surface area (Å²) in [5, 5.41) is 2.33. The molecule has 0 saturated heterocycles. The molecule has 3 aromatic rings. The van der Waals surface area contributed by atoms with E-state index in [2.05, 4.69) is 10.0 Å². The summed E-state index contributed by atoms with van der Waals surface area (Å²) in [6.45, 7) is 1.83. The third kappa shape index (κ3) is 5.49. The summed E-state index contributed by atoms with van der Waals surface area (Å²) in [6, 6.07) is 16.5. The Bertz CT molecular complexity index is 1130. The van der Waals surface area contributed by atoms with E-state index in [0.29, 0.717) is 11.6 Å². The minimum absolute atomic E-state index is 0.00641. The standard InChI is InChI=1S/C22H20F2N2O3S/c1-15-7-10-18(11-8-15)30(28,29)26-21(13-16-5-3-2-4-6-16)22(27)25-20-12-9-17(23)14-19(20)24/h2-12,14,21,26H,13H2,1H3,(H,25,27)/t21-/m0/s1. The number of aryl methyl sites for hydroxylation is 1. The number of benzene rings is 3. The molecule has 8 heteroatoms. The van der Waals surface area contributed by atoms with Gasteiger partial charge in [-0.3, -0.25) is 4.79 Å². The molecule has 5 nitrogen and oxygen atoms in total. The first-order valence-corrected chi connectivity index (χ1v) is 10.6. The highest BCUT2D eigenvalue weighted by Gasteiger charge is 2.27. The van der Waals surface area contributed by atoms with Crippen LogP contribution in [0, 0.1) is 18.6 Å². The Balaban J connectivity index is 1.87. The number of amides is 1. The Hall–Kier alpha value is -3.10. The Morgan fingerprint density at radius 3 is 2.27 bits per heavy atom. The van der Waals surface area contributed by atoms with Crippen LogP contribution in [0.2, 0.25) is 0 Å². The summed E-state index contributed by atoms with van der Waals surface area (Å²) in [7, 11) is -4.02. The van der Waals surface area contributed by atoms with Crippen molar-refractivity contribution in [1.82, 2.24) is 4.72 Å². The normalized spacial score (nSPS) is 12.4. The van der Waals surface area contributed by atoms with E-state index < -0.39 is 33.6 Å². The lowest BCUT2D eigenvalue weighted by Crippen LogP contribution is -2.45. The number of anilines is 1. The molecule has 156 valence electrons. The number of sulfonamides is 1. The van der Waals surface area contributed by atoms with E-state index >= 15 is 0 Å². The first-order valence-electron chi connectivity index (χ1n) is 9.13. The fraction of sp³-hybridized carbons (Fsp3) is 0.136. The lowest BCUT2D eigenvalue weighted by molar-refractivity contribution is -0.117. The minimum Gasteiger partial charge on any atom is -0.322 e. The number of rotatable bonds is 7. The number of halogens is 2. The van der Waals surface area contributed by atoms with E-state index in [1.807, 2.05) is 6.92 Å². The van der Waals surface area contributed by atoms with Crippen LogP contribution in [-0.4, -0.2) is 20.4 Å². The molecule has 0 aliphatic carbocycles. The van der Waals surface area contributed by atoms with Gasteiger partial charge < -0.3 is 5.32 Å². The summed E-state index contributed by atoms with van der Waals surface area (Å²) >= 11 is 0. The summed E-state index contributed by atoms with van der Waals surface area (Å²) in [5.74, 6) is -2.50. The monoisotopic (exact) mass is 430 g/mol. The SMILES string of the molecule is Cc1ccc(S(=O)(=O)N[C@@H](Cc2ccccc2)C(=O)Nc2ccc(F)cc2F)cc1. The first-order chi connectivity index (χ1) is 14.2. The van der Waals surface area contributed by atoms with Crippen molar-refractivity contribution in [1.29, 1.82) is 0 Å². The van der Waals surface area contributed by atoms with E-state index in [9.17, 15) is 22.0 Å². The van der Waals surface area contributed by atoms with Crippen LogP contribution in [0.15, 0.2) is 77.7 Å². The van der Waals surface area contributed by atoms with Crippen molar-refractivity contribution in [2.75, 3.05) is 5.32 Å². The second-order valence-corrected chi connectivity index (χ2v) is 8.50. The van der Waals surface area contributed by atoms with Crippen molar-refractivity contribution < 1.29 is 22.0 Å². The minimum atomic E-state index is -4.02. The van der Waals surface area contributed by atoms with Crippen molar-refractivity contribution in [3.8, 4) is 0 Å². The summed E-state index contributed by atoms with van der Waals surface area (Å²) in [6.07, 6.45) is 0.0422. The highest BCUT2D eigenvalue weighted by Crippen LogP contribution is 2.17. The van der Waals surface area contributed by atoms with Gasteiger partial charge in [-0.25, -0.2) is 17.2 Å². The van der Waals surface area contributed by atoms with Gasteiger partial charge in [0.2, 0.25) is 15.9 Å². The van der Waals surface area contributed by atoms with Gasteiger partial charge in [-0.1, -0.05) is 48.0 Å². The summed E-state index contributed by atoms with van der Waals surface area (Å²) < 4.78 is 55.1. The van der Waals surface area contributed by atoms with E-state index in [1.165, 1.54) is 12.1 Å². The highest BCUT2D eigenvalue weighted by atomic mass is 32.2. The van der Waals surface area contributed by atoms with Gasteiger partial charge in [-0.2, -0.15) is 4.72 Å². The number of hydrogen-bond donors (Lipinski definition) is 2. The van der Waals surface area contributed by atoms with Gasteiger partial charge >= 0.3 is 0 Å². The van der Waals surface area contributed by atoms with Gasteiger partial charge in [0.25, 0.3) is 0 Å². The molecular weight excluding hydrogens is 410 g/mol. The predicted octanol–water partition coefficient (Wildman–Crippen LogP) is 3.80. The van der Waals surface area contributed by atoms with Crippen LogP contribution in [0.1, 0.15) is 11.1 Å². The molecule has 30 heavy (non-hydrogen) atoms. The molecule has 1 atom stereocenters. The van der Waals surface area contributed by atoms with Gasteiger partial charge in [-0.15, -0.1) is 0 Å². The molecular formula is C22H20F2N2O3S. The second-order valence-electron chi connectivity index (χ2n) is 6.79. The van der Waals surface area contributed by atoms with Crippen LogP contribution in [0.3, 0.4) is 0 Å². The van der Waals surface area contributed by atoms with E-state index in [1.54, 1.807) is 42.5 Å². The number of carbonyl (C=O) groups is 1. The fourth-order valence-corrected chi connectivity index (χ4v) is 4.02. The zero-order valence-corrected chi connectivity index (χ0v) is 16.9. The Morgan fingerprint density at radius 1 is 0.967 bits per heavy atom. The molecule has 2 N–H and O–H groups in total. The second kappa shape index (κ2) is 9.15. The zero-order chi connectivity index (χ0) is 21.7. The van der Waals surface area contributed by atoms with Crippen molar-refractivity contribution in [2.24, 2.45) is 0 Å². The van der Waals surface area contributed by atoms with E-state index in [0.717, 1.165) is 17.7 Å². The quantitative estimate of drug-likeness (QED) is 0.599. The molecule has 0 heterocycles. The Kier molecular flexibility index (Phi) is 6.59. The molecule has 0 saturated carbocycles. The third-order valence-electron chi connectivity index (χ3n) is 4.42. The van der Waals surface area contributed by atoms with Gasteiger partial charge in [0.05, 0.1) is 10.6 Å². The van der Waals surface area contributed by atoms with Crippen molar-refractivity contribution in [3.63, 3.8) is 0 Å². The molecule has 0 aliphatic rings. The van der Waals surface area contributed by atoms with Crippen molar-refractivity contribution >= 4 is 21.6 Å². The smallest absolute Gasteiger partial charge is 0.242 e. The van der Waals surface area contributed by atoms with Crippen LogP contribution >= 0.6 is 0 Å². The molecule has 3 aromatic carbocycles. The molecule has 1 amide bonds. The van der Waals surface area contributed by atoms with Gasteiger partial charge in [0.1, 0.15) is 17.7 Å². The van der Waals surface area contributed by atoms with Crippen LogP contribution in [0.5, 0.6) is 0 Å². The number of hydrogen-bond acceptors (Lipinski definition) is 3. The summed E-state index contributed by atoms with van der Waals surface area (Å²) in [5.41, 5.74) is 1.36.